The lowest BCUT2D eigenvalue weighted by Gasteiger charge is -2.38. The predicted molar refractivity (Wildman–Crippen MR) is 77.2 cm³/mol. The van der Waals surface area contributed by atoms with Crippen LogP contribution in [0, 0.1) is 11.7 Å². The average Bonchev–Trinajstić information content (AvgIpc) is 2.47. The molecule has 1 aliphatic carbocycles. The molecule has 1 aromatic carbocycles. The second kappa shape index (κ2) is 6.55. The lowest BCUT2D eigenvalue weighted by molar-refractivity contribution is -0.0800. The average molecular weight is 281 g/mol. The third-order valence-corrected chi connectivity index (χ3v) is 4.32. The molecule has 0 amide bonds. The smallest absolute Gasteiger partial charge is 0.165 e. The molecule has 0 saturated heterocycles. The van der Waals surface area contributed by atoms with E-state index >= 15 is 0 Å². The van der Waals surface area contributed by atoms with Gasteiger partial charge in [0.2, 0.25) is 0 Å². The number of rotatable bonds is 5. The first-order valence-corrected chi connectivity index (χ1v) is 7.25. The highest BCUT2D eigenvalue weighted by molar-refractivity contribution is 5.28. The molecule has 0 radical (unpaired) electrons. The molecule has 0 aromatic heterocycles. The van der Waals surface area contributed by atoms with Crippen molar-refractivity contribution in [3.8, 4) is 5.75 Å². The number of hydrogen-bond donors (Lipinski definition) is 1. The number of methoxy groups -OCH3 is 1. The number of benzene rings is 1. The zero-order valence-corrected chi connectivity index (χ0v) is 12.3. The van der Waals surface area contributed by atoms with Crippen LogP contribution in [0.15, 0.2) is 18.2 Å². The first-order valence-electron chi connectivity index (χ1n) is 7.25. The van der Waals surface area contributed by atoms with Gasteiger partial charge in [-0.15, -0.1) is 0 Å². The Balaban J connectivity index is 1.98. The van der Waals surface area contributed by atoms with Gasteiger partial charge in [-0.05, 0) is 49.3 Å². The first kappa shape index (κ1) is 15.3. The van der Waals surface area contributed by atoms with E-state index in [4.69, 9.17) is 15.2 Å². The molecule has 0 spiro atoms. The van der Waals surface area contributed by atoms with Crippen LogP contribution in [-0.2, 0) is 11.3 Å². The van der Waals surface area contributed by atoms with Crippen molar-refractivity contribution in [2.45, 2.75) is 44.8 Å². The minimum Gasteiger partial charge on any atom is -0.494 e. The van der Waals surface area contributed by atoms with E-state index in [1.807, 2.05) is 6.07 Å². The van der Waals surface area contributed by atoms with E-state index in [1.165, 1.54) is 13.2 Å². The maximum atomic E-state index is 13.6. The van der Waals surface area contributed by atoms with Crippen molar-refractivity contribution in [1.29, 1.82) is 0 Å². The van der Waals surface area contributed by atoms with Crippen molar-refractivity contribution in [3.63, 3.8) is 0 Å². The van der Waals surface area contributed by atoms with E-state index in [0.29, 0.717) is 13.2 Å². The third-order valence-electron chi connectivity index (χ3n) is 4.32. The van der Waals surface area contributed by atoms with Crippen LogP contribution in [0.3, 0.4) is 0 Å². The summed E-state index contributed by atoms with van der Waals surface area (Å²) < 4.78 is 24.6. The van der Waals surface area contributed by atoms with Gasteiger partial charge >= 0.3 is 0 Å². The van der Waals surface area contributed by atoms with Crippen LogP contribution in [0.1, 0.15) is 38.2 Å². The second-order valence-corrected chi connectivity index (χ2v) is 5.83. The molecule has 3 nitrogen and oxygen atoms in total. The minimum absolute atomic E-state index is 0.233. The van der Waals surface area contributed by atoms with Crippen molar-refractivity contribution in [2.24, 2.45) is 11.7 Å². The van der Waals surface area contributed by atoms with Crippen LogP contribution in [-0.4, -0.2) is 19.3 Å². The predicted octanol–water partition coefficient (Wildman–Crippen LogP) is 3.26. The van der Waals surface area contributed by atoms with Gasteiger partial charge in [0.1, 0.15) is 0 Å². The Morgan fingerprint density at radius 1 is 1.35 bits per heavy atom. The Labute approximate surface area is 120 Å². The Hall–Kier alpha value is -1.13. The standard InChI is InChI=1S/C16H24FNO2/c1-12-5-7-16(11-18,8-6-12)20-10-13-3-4-15(19-2)14(17)9-13/h3-4,9,12H,5-8,10-11,18H2,1-2H3. The van der Waals surface area contributed by atoms with Crippen LogP contribution >= 0.6 is 0 Å². The van der Waals surface area contributed by atoms with E-state index in [2.05, 4.69) is 6.92 Å². The fraction of sp³-hybridized carbons (Fsp3) is 0.625. The molecule has 1 fully saturated rings. The zero-order valence-electron chi connectivity index (χ0n) is 12.3. The molecule has 4 heteroatoms. The SMILES string of the molecule is COc1ccc(COC2(CN)CCC(C)CC2)cc1F. The van der Waals surface area contributed by atoms with Crippen LogP contribution in [0.2, 0.25) is 0 Å². The molecule has 0 unspecified atom stereocenters. The molecule has 0 heterocycles. The van der Waals surface area contributed by atoms with E-state index in [-0.39, 0.29) is 17.2 Å². The highest BCUT2D eigenvalue weighted by Gasteiger charge is 2.33. The molecule has 2 N–H and O–H groups in total. The van der Waals surface area contributed by atoms with Gasteiger partial charge in [-0.1, -0.05) is 13.0 Å². The highest BCUT2D eigenvalue weighted by atomic mass is 19.1. The Bertz CT molecular complexity index is 442. The molecule has 0 aliphatic heterocycles. The van der Waals surface area contributed by atoms with Gasteiger partial charge in [-0.25, -0.2) is 4.39 Å². The summed E-state index contributed by atoms with van der Waals surface area (Å²) in [5.41, 5.74) is 6.49. The highest BCUT2D eigenvalue weighted by Crippen LogP contribution is 2.34. The molecule has 0 bridgehead atoms. The first-order chi connectivity index (χ1) is 9.58. The van der Waals surface area contributed by atoms with Gasteiger partial charge in [0, 0.05) is 6.54 Å². The summed E-state index contributed by atoms with van der Waals surface area (Å²) in [5, 5.41) is 0. The molecule has 1 saturated carbocycles. The molecule has 20 heavy (non-hydrogen) atoms. The molecular weight excluding hydrogens is 257 g/mol. The van der Waals surface area contributed by atoms with Gasteiger partial charge in [0.25, 0.3) is 0 Å². The molecular formula is C16H24FNO2. The normalized spacial score (nSPS) is 26.5. The van der Waals surface area contributed by atoms with Crippen molar-refractivity contribution >= 4 is 0 Å². The van der Waals surface area contributed by atoms with Crippen LogP contribution < -0.4 is 10.5 Å². The topological polar surface area (TPSA) is 44.5 Å². The van der Waals surface area contributed by atoms with E-state index in [0.717, 1.165) is 37.2 Å². The van der Waals surface area contributed by atoms with Gasteiger partial charge in [0.05, 0.1) is 19.3 Å². The summed E-state index contributed by atoms with van der Waals surface area (Å²) in [7, 11) is 1.46. The summed E-state index contributed by atoms with van der Waals surface area (Å²) in [5.74, 6) is 0.651. The van der Waals surface area contributed by atoms with Crippen LogP contribution in [0.5, 0.6) is 5.75 Å². The minimum atomic E-state index is -0.354. The summed E-state index contributed by atoms with van der Waals surface area (Å²) in [6, 6.07) is 4.93. The fourth-order valence-corrected chi connectivity index (χ4v) is 2.73. The molecule has 1 aliphatic rings. The van der Waals surface area contributed by atoms with E-state index in [1.54, 1.807) is 6.07 Å². The monoisotopic (exact) mass is 281 g/mol. The quantitative estimate of drug-likeness (QED) is 0.901. The van der Waals surface area contributed by atoms with Gasteiger partial charge in [-0.3, -0.25) is 0 Å². The van der Waals surface area contributed by atoms with Crippen molar-refractivity contribution in [1.82, 2.24) is 0 Å². The number of ether oxygens (including phenoxy) is 2. The number of nitrogens with two attached hydrogens (primary N) is 1. The lowest BCUT2D eigenvalue weighted by Crippen LogP contribution is -2.43. The van der Waals surface area contributed by atoms with E-state index in [9.17, 15) is 4.39 Å². The van der Waals surface area contributed by atoms with Gasteiger partial charge in [-0.2, -0.15) is 0 Å². The molecule has 0 atom stereocenters. The maximum Gasteiger partial charge on any atom is 0.165 e. The van der Waals surface area contributed by atoms with Crippen molar-refractivity contribution in [2.75, 3.05) is 13.7 Å². The number of hydrogen-bond acceptors (Lipinski definition) is 3. The molecule has 1 aromatic rings. The number of halogens is 1. The van der Waals surface area contributed by atoms with Gasteiger partial charge in [0.15, 0.2) is 11.6 Å². The van der Waals surface area contributed by atoms with Crippen molar-refractivity contribution in [3.05, 3.63) is 29.6 Å². The Morgan fingerprint density at radius 2 is 2.05 bits per heavy atom. The molecule has 112 valence electrons. The Morgan fingerprint density at radius 3 is 2.60 bits per heavy atom. The van der Waals surface area contributed by atoms with Crippen molar-refractivity contribution < 1.29 is 13.9 Å². The summed E-state index contributed by atoms with van der Waals surface area (Å²) in [4.78, 5) is 0. The third kappa shape index (κ3) is 3.49. The largest absolute Gasteiger partial charge is 0.494 e. The lowest BCUT2D eigenvalue weighted by atomic mass is 9.79. The van der Waals surface area contributed by atoms with E-state index < -0.39 is 0 Å². The maximum absolute atomic E-state index is 13.6. The Kier molecular flexibility index (Phi) is 5.00. The van der Waals surface area contributed by atoms with Gasteiger partial charge < -0.3 is 15.2 Å². The summed E-state index contributed by atoms with van der Waals surface area (Å²) >= 11 is 0. The fourth-order valence-electron chi connectivity index (χ4n) is 2.73. The zero-order chi connectivity index (χ0) is 14.6. The summed E-state index contributed by atoms with van der Waals surface area (Å²) in [6.45, 7) is 3.18. The second-order valence-electron chi connectivity index (χ2n) is 5.83. The summed E-state index contributed by atoms with van der Waals surface area (Å²) in [6.07, 6.45) is 4.27. The van der Waals surface area contributed by atoms with Crippen LogP contribution in [0.25, 0.3) is 0 Å². The molecule has 2 rings (SSSR count). The van der Waals surface area contributed by atoms with Crippen LogP contribution in [0.4, 0.5) is 4.39 Å².